The van der Waals surface area contributed by atoms with E-state index in [1.54, 1.807) is 7.11 Å². The average Bonchev–Trinajstić information content (AvgIpc) is 3.26. The Morgan fingerprint density at radius 3 is 2.78 bits per heavy atom. The summed E-state index contributed by atoms with van der Waals surface area (Å²) in [5.74, 6) is 1.08. The van der Waals surface area contributed by atoms with Gasteiger partial charge in [0.2, 0.25) is 11.8 Å². The number of rotatable bonds is 9. The highest BCUT2D eigenvalue weighted by atomic mass is 16.5. The molecule has 0 radical (unpaired) electrons. The van der Waals surface area contributed by atoms with Crippen molar-refractivity contribution in [3.63, 3.8) is 0 Å². The number of ether oxygens (including phenoxy) is 2. The second kappa shape index (κ2) is 10.0. The molecule has 0 bridgehead atoms. The lowest BCUT2D eigenvalue weighted by atomic mass is 9.78. The molecule has 0 amide bonds. The zero-order valence-corrected chi connectivity index (χ0v) is 21.5. The van der Waals surface area contributed by atoms with Crippen LogP contribution in [0.3, 0.4) is 0 Å². The van der Waals surface area contributed by atoms with Gasteiger partial charge < -0.3 is 20.1 Å². The molecule has 2 fully saturated rings. The van der Waals surface area contributed by atoms with Crippen molar-refractivity contribution >= 4 is 22.8 Å². The summed E-state index contributed by atoms with van der Waals surface area (Å²) in [6, 6.07) is 8.67. The van der Waals surface area contributed by atoms with Crippen molar-refractivity contribution in [2.45, 2.75) is 45.7 Å². The number of anilines is 2. The summed E-state index contributed by atoms with van der Waals surface area (Å²) in [6.07, 6.45) is 3.94. The van der Waals surface area contributed by atoms with Crippen LogP contribution in [0.4, 0.5) is 17.3 Å². The van der Waals surface area contributed by atoms with Gasteiger partial charge in [-0.15, -0.1) is 5.10 Å². The molecule has 36 heavy (non-hydrogen) atoms. The first-order valence-electron chi connectivity index (χ1n) is 12.7. The third kappa shape index (κ3) is 4.62. The summed E-state index contributed by atoms with van der Waals surface area (Å²) < 4.78 is 13.0. The summed E-state index contributed by atoms with van der Waals surface area (Å²) in [5.41, 5.74) is 11.8. The minimum absolute atomic E-state index is 0.0633. The van der Waals surface area contributed by atoms with Crippen LogP contribution in [0.5, 0.6) is 5.88 Å². The van der Waals surface area contributed by atoms with Gasteiger partial charge in [0, 0.05) is 37.4 Å². The summed E-state index contributed by atoms with van der Waals surface area (Å²) in [5, 5.41) is 15.4. The summed E-state index contributed by atoms with van der Waals surface area (Å²) in [6.45, 7) is 11.3. The van der Waals surface area contributed by atoms with Crippen molar-refractivity contribution in [2.24, 2.45) is 10.5 Å². The number of methoxy groups -OCH3 is 1. The minimum atomic E-state index is 0.0633. The van der Waals surface area contributed by atoms with Crippen molar-refractivity contribution < 1.29 is 9.47 Å². The van der Waals surface area contributed by atoms with E-state index in [-0.39, 0.29) is 11.5 Å². The lowest BCUT2D eigenvalue weighted by Gasteiger charge is -2.49. The highest BCUT2D eigenvalue weighted by Gasteiger charge is 2.40. The molecule has 2 aliphatic rings. The highest BCUT2D eigenvalue weighted by Crippen LogP contribution is 2.37. The summed E-state index contributed by atoms with van der Waals surface area (Å²) in [7, 11) is 1.64. The summed E-state index contributed by atoms with van der Waals surface area (Å²) >= 11 is 0. The molecule has 192 valence electrons. The number of aromatic nitrogens is 3. The normalized spacial score (nSPS) is 20.2. The Kier molecular flexibility index (Phi) is 6.81. The number of nitrogens with zero attached hydrogens (tertiary/aromatic N) is 5. The standard InChI is InChI=1S/C26H36N8O2/c1-5-10-28-21-13-17(6-7-20(21)31-27)19-8-12-34-23(19)24(35-4)30-25(32-34)29-22-9-11-33(16-26(22,2)3)18-14-36-15-18/h6-8,12-13,18,22,27-28H,5,9-11,14-16H2,1-4H3,(H,29,32)/t22-/m0/s1. The van der Waals surface area contributed by atoms with Crippen LogP contribution >= 0.6 is 0 Å². The SMILES string of the molecule is CCCNc1cc(-c2ccn3nc(N[C@H]4CCN(C5COC5)CC4(C)C)nc(OC)c23)ccc1N=N. The largest absolute Gasteiger partial charge is 0.479 e. The van der Waals surface area contributed by atoms with E-state index in [2.05, 4.69) is 41.4 Å². The lowest BCUT2D eigenvalue weighted by Crippen LogP contribution is -2.59. The molecule has 3 N–H and O–H groups in total. The fourth-order valence-corrected chi connectivity index (χ4v) is 5.20. The molecule has 1 atom stereocenters. The Bertz CT molecular complexity index is 1240. The first-order chi connectivity index (χ1) is 17.4. The fourth-order valence-electron chi connectivity index (χ4n) is 5.20. The van der Waals surface area contributed by atoms with E-state index in [0.29, 0.717) is 23.6 Å². The molecule has 2 aliphatic heterocycles. The Hall–Kier alpha value is -3.24. The second-order valence-electron chi connectivity index (χ2n) is 10.4. The topological polar surface area (TPSA) is 112 Å². The van der Waals surface area contributed by atoms with Crippen LogP contribution in [0.1, 0.15) is 33.6 Å². The molecule has 5 rings (SSSR count). The molecule has 0 aliphatic carbocycles. The van der Waals surface area contributed by atoms with Crippen molar-refractivity contribution in [3.8, 4) is 17.0 Å². The van der Waals surface area contributed by atoms with Gasteiger partial charge in [0.1, 0.15) is 11.2 Å². The van der Waals surface area contributed by atoms with Gasteiger partial charge >= 0.3 is 0 Å². The van der Waals surface area contributed by atoms with Gasteiger partial charge in [-0.1, -0.05) is 26.8 Å². The quantitative estimate of drug-likeness (QED) is 0.368. The van der Waals surface area contributed by atoms with Crippen LogP contribution in [-0.2, 0) is 4.74 Å². The van der Waals surface area contributed by atoms with Gasteiger partial charge in [-0.05, 0) is 42.0 Å². The van der Waals surface area contributed by atoms with Gasteiger partial charge in [0.05, 0.1) is 32.1 Å². The average molecular weight is 493 g/mol. The zero-order chi connectivity index (χ0) is 25.3. The van der Waals surface area contributed by atoms with Crippen LogP contribution in [0, 0.1) is 10.9 Å². The Morgan fingerprint density at radius 1 is 1.28 bits per heavy atom. The number of nitrogens with one attached hydrogen (secondary N) is 3. The molecule has 0 spiro atoms. The van der Waals surface area contributed by atoms with Crippen LogP contribution in [-0.4, -0.2) is 71.5 Å². The first-order valence-corrected chi connectivity index (χ1v) is 12.7. The number of fused-ring (bicyclic) bond motifs is 1. The maximum Gasteiger partial charge on any atom is 0.244 e. The zero-order valence-electron chi connectivity index (χ0n) is 21.5. The van der Waals surface area contributed by atoms with E-state index in [9.17, 15) is 0 Å². The maximum absolute atomic E-state index is 7.49. The van der Waals surface area contributed by atoms with Gasteiger partial charge in [-0.3, -0.25) is 4.90 Å². The fraction of sp³-hybridized carbons (Fsp3) is 0.538. The number of piperidine rings is 1. The third-order valence-corrected chi connectivity index (χ3v) is 7.37. The molecule has 2 aromatic heterocycles. The van der Waals surface area contributed by atoms with Crippen LogP contribution in [0.25, 0.3) is 16.6 Å². The molecule has 3 aromatic rings. The molecule has 10 nitrogen and oxygen atoms in total. The number of hydrogen-bond acceptors (Lipinski definition) is 9. The Morgan fingerprint density at radius 2 is 2.11 bits per heavy atom. The predicted octanol–water partition coefficient (Wildman–Crippen LogP) is 4.80. The van der Waals surface area contributed by atoms with Gasteiger partial charge in [-0.25, -0.2) is 10.0 Å². The third-order valence-electron chi connectivity index (χ3n) is 7.37. The lowest BCUT2D eigenvalue weighted by molar-refractivity contribution is -0.0860. The van der Waals surface area contributed by atoms with Gasteiger partial charge in [0.15, 0.2) is 0 Å². The number of benzene rings is 1. The number of likely N-dealkylation sites (tertiary alicyclic amines) is 1. The van der Waals surface area contributed by atoms with Crippen molar-refractivity contribution in [2.75, 3.05) is 50.6 Å². The van der Waals surface area contributed by atoms with Gasteiger partial charge in [0.25, 0.3) is 0 Å². The predicted molar refractivity (Wildman–Crippen MR) is 141 cm³/mol. The molecule has 0 unspecified atom stereocenters. The second-order valence-corrected chi connectivity index (χ2v) is 10.4. The van der Waals surface area contributed by atoms with E-state index in [1.165, 1.54) is 0 Å². The Balaban J connectivity index is 1.42. The van der Waals surface area contributed by atoms with E-state index >= 15 is 0 Å². The monoisotopic (exact) mass is 492 g/mol. The van der Waals surface area contributed by atoms with E-state index in [4.69, 9.17) is 25.1 Å². The molecule has 1 aromatic carbocycles. The van der Waals surface area contributed by atoms with E-state index < -0.39 is 0 Å². The minimum Gasteiger partial charge on any atom is -0.479 e. The number of hydrogen-bond donors (Lipinski definition) is 3. The molecule has 4 heterocycles. The molecule has 2 saturated heterocycles. The van der Waals surface area contributed by atoms with E-state index in [1.807, 2.05) is 35.0 Å². The van der Waals surface area contributed by atoms with Crippen molar-refractivity contribution in [1.29, 1.82) is 5.53 Å². The van der Waals surface area contributed by atoms with Gasteiger partial charge in [-0.2, -0.15) is 10.1 Å². The molecule has 0 saturated carbocycles. The maximum atomic E-state index is 7.49. The molecule has 10 heteroatoms. The first kappa shape index (κ1) is 24.5. The highest BCUT2D eigenvalue weighted by molar-refractivity contribution is 5.87. The smallest absolute Gasteiger partial charge is 0.244 e. The van der Waals surface area contributed by atoms with Crippen molar-refractivity contribution in [3.05, 3.63) is 30.5 Å². The summed E-state index contributed by atoms with van der Waals surface area (Å²) in [4.78, 5) is 7.31. The van der Waals surface area contributed by atoms with Crippen LogP contribution in [0.2, 0.25) is 0 Å². The van der Waals surface area contributed by atoms with E-state index in [0.717, 1.165) is 68.0 Å². The molecular formula is C26H36N8O2. The Labute approximate surface area is 211 Å². The van der Waals surface area contributed by atoms with Crippen molar-refractivity contribution in [1.82, 2.24) is 19.5 Å². The molecular weight excluding hydrogens is 456 g/mol. The van der Waals surface area contributed by atoms with Crippen LogP contribution in [0.15, 0.2) is 35.6 Å². The van der Waals surface area contributed by atoms with Crippen LogP contribution < -0.4 is 15.4 Å².